The summed E-state index contributed by atoms with van der Waals surface area (Å²) in [6.07, 6.45) is -1.92. The fraction of sp³-hybridized carbons (Fsp3) is 0.722. The average molecular weight is 334 g/mol. The van der Waals surface area contributed by atoms with Gasteiger partial charge in [0.15, 0.2) is 5.60 Å². The van der Waals surface area contributed by atoms with Gasteiger partial charge in [-0.3, -0.25) is 4.79 Å². The molecule has 7 atom stereocenters. The highest BCUT2D eigenvalue weighted by molar-refractivity contribution is 5.66. The number of epoxide rings is 2. The number of aliphatic hydroxyl groups is 1. The Bertz CT molecular complexity index is 687. The first-order valence-electron chi connectivity index (χ1n) is 8.20. The van der Waals surface area contributed by atoms with Gasteiger partial charge >= 0.3 is 5.97 Å². The number of aliphatic hydroxyl groups excluding tert-OH is 1. The molecule has 1 saturated carbocycles. The maximum Gasteiger partial charge on any atom is 0.303 e. The number of hydrogen-bond acceptors (Lipinski definition) is 6. The maximum atomic E-state index is 11.4. The zero-order valence-electron chi connectivity index (χ0n) is 14.3. The maximum absolute atomic E-state index is 11.4. The lowest BCUT2D eigenvalue weighted by molar-refractivity contribution is -0.238. The van der Waals surface area contributed by atoms with E-state index in [1.54, 1.807) is 6.92 Å². The molecule has 0 radical (unpaired) electrons. The molecule has 4 rings (SSSR count). The Morgan fingerprint density at radius 2 is 1.92 bits per heavy atom. The Labute approximate surface area is 141 Å². The summed E-state index contributed by atoms with van der Waals surface area (Å²) in [6.45, 7) is 10.6. The van der Waals surface area contributed by atoms with E-state index in [9.17, 15) is 9.90 Å². The number of carbonyl (C=O) groups is 1. The second-order valence-electron chi connectivity index (χ2n) is 7.74. The van der Waals surface area contributed by atoms with Crippen molar-refractivity contribution in [3.8, 4) is 11.8 Å². The smallest absolute Gasteiger partial charge is 0.303 e. The van der Waals surface area contributed by atoms with Crippen molar-refractivity contribution in [3.63, 3.8) is 0 Å². The number of hydrogen-bond donors (Lipinski definition) is 1. The molecule has 3 heterocycles. The highest BCUT2D eigenvalue weighted by Crippen LogP contribution is 2.65. The van der Waals surface area contributed by atoms with E-state index in [-0.39, 0.29) is 18.2 Å². The molecular weight excluding hydrogens is 312 g/mol. The van der Waals surface area contributed by atoms with Crippen LogP contribution in [0.1, 0.15) is 34.1 Å². The lowest BCUT2D eigenvalue weighted by atomic mass is 9.71. The van der Waals surface area contributed by atoms with Crippen LogP contribution < -0.4 is 0 Å². The van der Waals surface area contributed by atoms with E-state index in [1.807, 2.05) is 13.8 Å². The molecule has 7 unspecified atom stereocenters. The Kier molecular flexibility index (Phi) is 3.09. The van der Waals surface area contributed by atoms with Crippen molar-refractivity contribution in [2.45, 2.75) is 81.4 Å². The first-order valence-corrected chi connectivity index (χ1v) is 8.20. The zero-order chi connectivity index (χ0) is 17.5. The second kappa shape index (κ2) is 4.61. The Morgan fingerprint density at radius 1 is 1.21 bits per heavy atom. The van der Waals surface area contributed by atoms with Crippen LogP contribution in [0.5, 0.6) is 0 Å². The lowest BCUT2D eigenvalue weighted by Gasteiger charge is -2.47. The van der Waals surface area contributed by atoms with Crippen molar-refractivity contribution in [2.24, 2.45) is 0 Å². The number of carbonyl (C=O) groups excluding carboxylic acids is 1. The molecular formula is C18H22O6. The molecule has 1 N–H and O–H groups in total. The largest absolute Gasteiger partial charge is 0.459 e. The van der Waals surface area contributed by atoms with E-state index in [0.717, 1.165) is 0 Å². The predicted octanol–water partition coefficient (Wildman–Crippen LogP) is 0.715. The normalized spacial score (nSPS) is 49.5. The fourth-order valence-electron chi connectivity index (χ4n) is 4.09. The SMILES string of the molecule is C=C(C)C#CC12OC1C1OC13CC(OC(C)=O)C(C)(C)OC3C2O. The number of esters is 1. The lowest BCUT2D eigenvalue weighted by Crippen LogP contribution is -2.65. The molecule has 24 heavy (non-hydrogen) atoms. The summed E-state index contributed by atoms with van der Waals surface area (Å²) in [5.74, 6) is 5.56. The van der Waals surface area contributed by atoms with Crippen LogP contribution >= 0.6 is 0 Å². The molecule has 3 aliphatic heterocycles. The third kappa shape index (κ3) is 2.02. The van der Waals surface area contributed by atoms with Crippen molar-refractivity contribution in [2.75, 3.05) is 0 Å². The van der Waals surface area contributed by atoms with Gasteiger partial charge in [-0.2, -0.15) is 0 Å². The minimum Gasteiger partial charge on any atom is -0.459 e. The van der Waals surface area contributed by atoms with Crippen LogP contribution in [0.15, 0.2) is 12.2 Å². The van der Waals surface area contributed by atoms with Crippen LogP contribution in [-0.2, 0) is 23.7 Å². The molecule has 4 fully saturated rings. The van der Waals surface area contributed by atoms with Crippen LogP contribution in [0.4, 0.5) is 0 Å². The van der Waals surface area contributed by atoms with Gasteiger partial charge < -0.3 is 24.1 Å². The van der Waals surface area contributed by atoms with E-state index in [0.29, 0.717) is 12.0 Å². The molecule has 130 valence electrons. The molecule has 1 spiro atoms. The summed E-state index contributed by atoms with van der Waals surface area (Å²) >= 11 is 0. The van der Waals surface area contributed by atoms with E-state index < -0.39 is 35.1 Å². The molecule has 4 aliphatic rings. The minimum atomic E-state index is -0.946. The molecule has 0 aromatic heterocycles. The van der Waals surface area contributed by atoms with Gasteiger partial charge in [-0.1, -0.05) is 18.4 Å². The van der Waals surface area contributed by atoms with Gasteiger partial charge in [0.05, 0.1) is 0 Å². The Morgan fingerprint density at radius 3 is 2.54 bits per heavy atom. The highest BCUT2D eigenvalue weighted by Gasteiger charge is 2.86. The predicted molar refractivity (Wildman–Crippen MR) is 82.9 cm³/mol. The first kappa shape index (κ1) is 16.1. The summed E-state index contributed by atoms with van der Waals surface area (Å²) in [7, 11) is 0. The molecule has 1 aliphatic carbocycles. The number of allylic oxidation sites excluding steroid dienone is 1. The minimum absolute atomic E-state index is 0.195. The zero-order valence-corrected chi connectivity index (χ0v) is 14.3. The molecule has 6 nitrogen and oxygen atoms in total. The fourth-order valence-corrected chi connectivity index (χ4v) is 4.09. The molecule has 6 heteroatoms. The standard InChI is InChI=1S/C18H22O6/c1-9(2)6-7-17-12(20)13-18(15(24-18)14(17)23-17)8-11(21-10(3)19)16(4,5)22-13/h11-15,20H,1,8H2,2-5H3. The van der Waals surface area contributed by atoms with Crippen LogP contribution in [-0.4, -0.2) is 58.4 Å². The molecule has 0 amide bonds. The quantitative estimate of drug-likeness (QED) is 0.432. The van der Waals surface area contributed by atoms with Crippen molar-refractivity contribution in [1.82, 2.24) is 0 Å². The van der Waals surface area contributed by atoms with Gasteiger partial charge in [0.1, 0.15) is 41.7 Å². The summed E-state index contributed by atoms with van der Waals surface area (Å²) in [5.41, 5.74) is -1.63. The van der Waals surface area contributed by atoms with E-state index >= 15 is 0 Å². The molecule has 0 aromatic carbocycles. The number of ether oxygens (including phenoxy) is 4. The van der Waals surface area contributed by atoms with E-state index in [2.05, 4.69) is 18.4 Å². The average Bonchev–Trinajstić information content (AvgIpc) is 3.33. The van der Waals surface area contributed by atoms with Crippen LogP contribution in [0.25, 0.3) is 0 Å². The molecule has 0 aromatic rings. The third-order valence-electron chi connectivity index (χ3n) is 5.43. The molecule has 3 saturated heterocycles. The van der Waals surface area contributed by atoms with Gasteiger partial charge in [0, 0.05) is 13.3 Å². The summed E-state index contributed by atoms with van der Waals surface area (Å²) in [4.78, 5) is 11.4. The summed E-state index contributed by atoms with van der Waals surface area (Å²) < 4.78 is 23.3. The second-order valence-corrected chi connectivity index (χ2v) is 7.74. The number of rotatable bonds is 1. The van der Waals surface area contributed by atoms with E-state index in [4.69, 9.17) is 18.9 Å². The van der Waals surface area contributed by atoms with Crippen LogP contribution in [0.2, 0.25) is 0 Å². The van der Waals surface area contributed by atoms with Crippen LogP contribution in [0.3, 0.4) is 0 Å². The first-order chi connectivity index (χ1) is 11.1. The third-order valence-corrected chi connectivity index (χ3v) is 5.43. The summed E-state index contributed by atoms with van der Waals surface area (Å²) in [5, 5.41) is 10.9. The molecule has 0 bridgehead atoms. The van der Waals surface area contributed by atoms with Crippen molar-refractivity contribution in [3.05, 3.63) is 12.2 Å². The van der Waals surface area contributed by atoms with Gasteiger partial charge in [-0.25, -0.2) is 0 Å². The van der Waals surface area contributed by atoms with Gasteiger partial charge in [0.25, 0.3) is 0 Å². The number of fused-ring (bicyclic) bond motifs is 2. The van der Waals surface area contributed by atoms with Gasteiger partial charge in [-0.05, 0) is 26.3 Å². The Balaban J connectivity index is 1.64. The van der Waals surface area contributed by atoms with Crippen molar-refractivity contribution < 1.29 is 28.8 Å². The van der Waals surface area contributed by atoms with Crippen molar-refractivity contribution >= 4 is 5.97 Å². The van der Waals surface area contributed by atoms with Gasteiger partial charge in [-0.15, -0.1) is 0 Å². The monoisotopic (exact) mass is 334 g/mol. The summed E-state index contributed by atoms with van der Waals surface area (Å²) in [6, 6.07) is 0. The Hall–Kier alpha value is -1.39. The van der Waals surface area contributed by atoms with Crippen molar-refractivity contribution in [1.29, 1.82) is 0 Å². The topological polar surface area (TPSA) is 80.8 Å². The van der Waals surface area contributed by atoms with E-state index in [1.165, 1.54) is 6.92 Å². The van der Waals surface area contributed by atoms with Crippen LogP contribution in [0, 0.1) is 11.8 Å². The highest BCUT2D eigenvalue weighted by atomic mass is 16.7. The van der Waals surface area contributed by atoms with Gasteiger partial charge in [0.2, 0.25) is 0 Å².